The van der Waals surface area contributed by atoms with Crippen molar-refractivity contribution in [2.75, 3.05) is 0 Å². The highest BCUT2D eigenvalue weighted by molar-refractivity contribution is 5.97. The molecule has 17 heavy (non-hydrogen) atoms. The maximum Gasteiger partial charge on any atom is 0.159 e. The van der Waals surface area contributed by atoms with Gasteiger partial charge in [0.2, 0.25) is 0 Å². The van der Waals surface area contributed by atoms with Crippen molar-refractivity contribution in [1.82, 2.24) is 4.57 Å². The molecule has 0 unspecified atom stereocenters. The van der Waals surface area contributed by atoms with Crippen LogP contribution in [0.5, 0.6) is 0 Å². The lowest BCUT2D eigenvalue weighted by atomic mass is 10.1. The largest absolute Gasteiger partial charge is 0.344 e. The second kappa shape index (κ2) is 4.02. The molecular formula is C15H17NO. The van der Waals surface area contributed by atoms with Gasteiger partial charge in [-0.1, -0.05) is 25.0 Å². The number of rotatable bonds is 2. The van der Waals surface area contributed by atoms with Crippen molar-refractivity contribution in [3.8, 4) is 0 Å². The highest BCUT2D eigenvalue weighted by Crippen LogP contribution is 2.33. The number of Topliss-reactive ketones (excluding diaryl/α,β-unsaturated/α-hetero) is 1. The molecule has 1 aromatic heterocycles. The van der Waals surface area contributed by atoms with Crippen LogP contribution in [-0.4, -0.2) is 10.4 Å². The van der Waals surface area contributed by atoms with E-state index in [0.717, 1.165) is 5.56 Å². The normalized spacial score (nSPS) is 16.8. The van der Waals surface area contributed by atoms with E-state index in [1.165, 1.54) is 36.6 Å². The molecule has 1 aliphatic carbocycles. The Kier molecular flexibility index (Phi) is 2.50. The first-order chi connectivity index (χ1) is 8.25. The Balaban J connectivity index is 2.11. The minimum Gasteiger partial charge on any atom is -0.344 e. The van der Waals surface area contributed by atoms with E-state index < -0.39 is 0 Å². The van der Waals surface area contributed by atoms with Gasteiger partial charge in [-0.05, 0) is 37.3 Å². The van der Waals surface area contributed by atoms with Crippen LogP contribution in [0.4, 0.5) is 0 Å². The second-order valence-electron chi connectivity index (χ2n) is 4.99. The minimum atomic E-state index is 0.145. The van der Waals surface area contributed by atoms with Gasteiger partial charge in [-0.15, -0.1) is 0 Å². The van der Waals surface area contributed by atoms with Crippen LogP contribution < -0.4 is 0 Å². The molecule has 2 nitrogen and oxygen atoms in total. The van der Waals surface area contributed by atoms with Gasteiger partial charge >= 0.3 is 0 Å². The van der Waals surface area contributed by atoms with Gasteiger partial charge in [0.05, 0.1) is 0 Å². The molecule has 1 aromatic carbocycles. The second-order valence-corrected chi connectivity index (χ2v) is 4.99. The quantitative estimate of drug-likeness (QED) is 0.712. The van der Waals surface area contributed by atoms with Crippen LogP contribution in [-0.2, 0) is 0 Å². The molecule has 0 bridgehead atoms. The molecule has 3 rings (SSSR count). The number of fused-ring (bicyclic) bond motifs is 1. The molecule has 1 aliphatic rings. The van der Waals surface area contributed by atoms with Crippen molar-refractivity contribution in [2.45, 2.75) is 38.6 Å². The summed E-state index contributed by atoms with van der Waals surface area (Å²) in [5.74, 6) is 0.145. The number of hydrogen-bond donors (Lipinski definition) is 0. The Labute approximate surface area is 101 Å². The maximum absolute atomic E-state index is 11.4. The van der Waals surface area contributed by atoms with Crippen molar-refractivity contribution in [3.63, 3.8) is 0 Å². The summed E-state index contributed by atoms with van der Waals surface area (Å²) in [7, 11) is 0. The summed E-state index contributed by atoms with van der Waals surface area (Å²) in [6.07, 6.45) is 7.38. The van der Waals surface area contributed by atoms with Crippen LogP contribution in [0.15, 0.2) is 30.5 Å². The topological polar surface area (TPSA) is 22.0 Å². The number of carbonyl (C=O) groups is 1. The smallest absolute Gasteiger partial charge is 0.159 e. The lowest BCUT2D eigenvalue weighted by Crippen LogP contribution is -2.03. The fourth-order valence-corrected chi connectivity index (χ4v) is 2.87. The molecule has 1 saturated carbocycles. The lowest BCUT2D eigenvalue weighted by Gasteiger charge is -2.13. The highest BCUT2D eigenvalue weighted by atomic mass is 16.1. The first-order valence-corrected chi connectivity index (χ1v) is 6.37. The SMILES string of the molecule is CC(=O)c1ccc2ccn(C3CCCC3)c2c1. The van der Waals surface area contributed by atoms with E-state index in [-0.39, 0.29) is 5.78 Å². The van der Waals surface area contributed by atoms with Gasteiger partial charge < -0.3 is 4.57 Å². The molecule has 0 N–H and O–H groups in total. The molecule has 0 amide bonds. The molecular weight excluding hydrogens is 210 g/mol. The van der Waals surface area contributed by atoms with Gasteiger partial charge in [-0.25, -0.2) is 0 Å². The third kappa shape index (κ3) is 1.78. The fourth-order valence-electron chi connectivity index (χ4n) is 2.87. The van der Waals surface area contributed by atoms with E-state index in [2.05, 4.69) is 22.9 Å². The minimum absolute atomic E-state index is 0.145. The summed E-state index contributed by atoms with van der Waals surface area (Å²) in [6.45, 7) is 1.63. The zero-order valence-corrected chi connectivity index (χ0v) is 10.1. The third-order valence-corrected chi connectivity index (χ3v) is 3.85. The summed E-state index contributed by atoms with van der Waals surface area (Å²) < 4.78 is 2.36. The molecule has 1 fully saturated rings. The van der Waals surface area contributed by atoms with Gasteiger partial charge in [0.25, 0.3) is 0 Å². The highest BCUT2D eigenvalue weighted by Gasteiger charge is 2.18. The van der Waals surface area contributed by atoms with Crippen LogP contribution in [0.1, 0.15) is 49.0 Å². The Morgan fingerprint density at radius 2 is 2.00 bits per heavy atom. The molecule has 0 atom stereocenters. The first-order valence-electron chi connectivity index (χ1n) is 6.37. The van der Waals surface area contributed by atoms with E-state index in [0.29, 0.717) is 6.04 Å². The predicted octanol–water partition coefficient (Wildman–Crippen LogP) is 3.96. The van der Waals surface area contributed by atoms with Gasteiger partial charge in [-0.3, -0.25) is 4.79 Å². The van der Waals surface area contributed by atoms with Crippen LogP contribution >= 0.6 is 0 Å². The standard InChI is InChI=1S/C15H17NO/c1-11(17)13-7-6-12-8-9-16(15(12)10-13)14-4-2-3-5-14/h6-10,14H,2-5H2,1H3. The number of nitrogens with zero attached hydrogens (tertiary/aromatic N) is 1. The van der Waals surface area contributed by atoms with Gasteiger partial charge in [0, 0.05) is 23.3 Å². The van der Waals surface area contributed by atoms with Crippen LogP contribution in [0.2, 0.25) is 0 Å². The zero-order valence-electron chi connectivity index (χ0n) is 10.1. The molecule has 88 valence electrons. The van der Waals surface area contributed by atoms with Crippen LogP contribution in [0.3, 0.4) is 0 Å². The molecule has 0 radical (unpaired) electrons. The van der Waals surface area contributed by atoms with E-state index in [1.807, 2.05) is 12.1 Å². The van der Waals surface area contributed by atoms with Crippen molar-refractivity contribution in [3.05, 3.63) is 36.0 Å². The van der Waals surface area contributed by atoms with E-state index in [4.69, 9.17) is 0 Å². The molecule has 2 heteroatoms. The lowest BCUT2D eigenvalue weighted by molar-refractivity contribution is 0.101. The first kappa shape index (κ1) is 10.6. The van der Waals surface area contributed by atoms with Gasteiger partial charge in [0.15, 0.2) is 5.78 Å². The van der Waals surface area contributed by atoms with Gasteiger partial charge in [-0.2, -0.15) is 0 Å². The number of ketones is 1. The number of aromatic nitrogens is 1. The molecule has 0 aliphatic heterocycles. The average Bonchev–Trinajstić information content (AvgIpc) is 2.96. The Hall–Kier alpha value is -1.57. The Bertz CT molecular complexity index is 561. The zero-order chi connectivity index (χ0) is 11.8. The maximum atomic E-state index is 11.4. The van der Waals surface area contributed by atoms with Crippen molar-refractivity contribution >= 4 is 16.7 Å². The Morgan fingerprint density at radius 1 is 1.24 bits per heavy atom. The monoisotopic (exact) mass is 227 g/mol. The molecule has 2 aromatic rings. The fraction of sp³-hybridized carbons (Fsp3) is 0.400. The molecule has 1 heterocycles. The van der Waals surface area contributed by atoms with E-state index in [1.54, 1.807) is 6.92 Å². The molecule has 0 spiro atoms. The number of benzene rings is 1. The summed E-state index contributed by atoms with van der Waals surface area (Å²) >= 11 is 0. The van der Waals surface area contributed by atoms with Crippen molar-refractivity contribution < 1.29 is 4.79 Å². The summed E-state index contributed by atoms with van der Waals surface area (Å²) in [6, 6.07) is 8.80. The van der Waals surface area contributed by atoms with Crippen molar-refractivity contribution in [2.24, 2.45) is 0 Å². The Morgan fingerprint density at radius 3 is 2.71 bits per heavy atom. The van der Waals surface area contributed by atoms with E-state index >= 15 is 0 Å². The average molecular weight is 227 g/mol. The summed E-state index contributed by atoms with van der Waals surface area (Å²) in [4.78, 5) is 11.4. The van der Waals surface area contributed by atoms with Crippen LogP contribution in [0, 0.1) is 0 Å². The van der Waals surface area contributed by atoms with Crippen LogP contribution in [0.25, 0.3) is 10.9 Å². The summed E-state index contributed by atoms with van der Waals surface area (Å²) in [5, 5.41) is 1.24. The number of hydrogen-bond acceptors (Lipinski definition) is 1. The number of carbonyl (C=O) groups excluding carboxylic acids is 1. The molecule has 0 saturated heterocycles. The third-order valence-electron chi connectivity index (χ3n) is 3.85. The summed E-state index contributed by atoms with van der Waals surface area (Å²) in [5.41, 5.74) is 2.03. The van der Waals surface area contributed by atoms with E-state index in [9.17, 15) is 4.79 Å². The van der Waals surface area contributed by atoms with Gasteiger partial charge in [0.1, 0.15) is 0 Å². The van der Waals surface area contributed by atoms with Crippen molar-refractivity contribution in [1.29, 1.82) is 0 Å². The predicted molar refractivity (Wildman–Crippen MR) is 69.4 cm³/mol.